The topological polar surface area (TPSA) is 38.5 Å². The van der Waals surface area contributed by atoms with Crippen LogP contribution in [0.4, 0.5) is 10.1 Å². The number of ether oxygens (including phenoxy) is 1. The molecule has 0 aliphatic rings. The highest BCUT2D eigenvalue weighted by Gasteiger charge is 2.21. The van der Waals surface area contributed by atoms with Crippen molar-refractivity contribution in [2.75, 3.05) is 25.1 Å². The number of nitrogens with zero attached hydrogens (tertiary/aromatic N) is 1. The summed E-state index contributed by atoms with van der Waals surface area (Å²) in [6.45, 7) is 3.28. The van der Waals surface area contributed by atoms with Gasteiger partial charge in [0.25, 0.3) is 0 Å². The molecule has 0 aromatic heterocycles. The van der Waals surface area contributed by atoms with E-state index in [4.69, 9.17) is 10.5 Å². The Morgan fingerprint density at radius 3 is 2.38 bits per heavy atom. The molecule has 0 saturated carbocycles. The van der Waals surface area contributed by atoms with Crippen molar-refractivity contribution < 1.29 is 9.13 Å². The molecule has 112 valence electrons. The Balaban J connectivity index is 2.39. The Hall–Kier alpha value is -2.07. The quantitative estimate of drug-likeness (QED) is 0.886. The number of likely N-dealkylation sites (N-methyl/N-ethyl adjacent to an activating group) is 1. The van der Waals surface area contributed by atoms with Crippen LogP contribution >= 0.6 is 0 Å². The van der Waals surface area contributed by atoms with Crippen LogP contribution in [0, 0.1) is 5.82 Å². The second-order valence-corrected chi connectivity index (χ2v) is 4.76. The average Bonchev–Trinajstić information content (AvgIpc) is 2.53. The minimum absolute atomic E-state index is 0.0170. The fraction of sp³-hybridized carbons (Fsp3) is 0.294. The van der Waals surface area contributed by atoms with E-state index in [-0.39, 0.29) is 11.9 Å². The van der Waals surface area contributed by atoms with E-state index in [1.54, 1.807) is 19.2 Å². The van der Waals surface area contributed by atoms with Gasteiger partial charge >= 0.3 is 0 Å². The lowest BCUT2D eigenvalue weighted by atomic mass is 10.0. The molecular weight excluding hydrogens is 267 g/mol. The van der Waals surface area contributed by atoms with Crippen molar-refractivity contribution >= 4 is 5.69 Å². The summed E-state index contributed by atoms with van der Waals surface area (Å²) in [6, 6.07) is 14.3. The standard InChI is InChI=1S/C17H21FN2O/c1-3-20(14-10-8-13(18)9-11-14)16(12-19)15-6-4-5-7-17(15)21-2/h4-11,16H,3,12,19H2,1-2H3. The van der Waals surface area contributed by atoms with Crippen LogP contribution < -0.4 is 15.4 Å². The van der Waals surface area contributed by atoms with Crippen molar-refractivity contribution in [2.45, 2.75) is 13.0 Å². The first-order valence-corrected chi connectivity index (χ1v) is 7.06. The van der Waals surface area contributed by atoms with Gasteiger partial charge in [-0.3, -0.25) is 0 Å². The third kappa shape index (κ3) is 3.34. The summed E-state index contributed by atoms with van der Waals surface area (Å²) in [5.74, 6) is 0.574. The summed E-state index contributed by atoms with van der Waals surface area (Å²) in [5.41, 5.74) is 7.98. The molecule has 0 saturated heterocycles. The zero-order chi connectivity index (χ0) is 15.2. The summed E-state index contributed by atoms with van der Waals surface area (Å²) in [5, 5.41) is 0. The lowest BCUT2D eigenvalue weighted by Gasteiger charge is -2.33. The van der Waals surface area contributed by atoms with Crippen LogP contribution in [0.3, 0.4) is 0 Å². The maximum atomic E-state index is 13.1. The van der Waals surface area contributed by atoms with Gasteiger partial charge in [-0.25, -0.2) is 4.39 Å². The number of hydrogen-bond acceptors (Lipinski definition) is 3. The summed E-state index contributed by atoms with van der Waals surface area (Å²) in [7, 11) is 1.65. The van der Waals surface area contributed by atoms with Crippen LogP contribution in [0.15, 0.2) is 48.5 Å². The minimum atomic E-state index is -0.239. The monoisotopic (exact) mass is 288 g/mol. The maximum Gasteiger partial charge on any atom is 0.124 e. The molecular formula is C17H21FN2O. The number of nitrogens with two attached hydrogens (primary N) is 1. The second kappa shape index (κ2) is 7.09. The number of para-hydroxylation sites is 1. The second-order valence-electron chi connectivity index (χ2n) is 4.76. The molecule has 0 aliphatic carbocycles. The predicted molar refractivity (Wildman–Crippen MR) is 84.2 cm³/mol. The van der Waals surface area contributed by atoms with Crippen molar-refractivity contribution in [1.82, 2.24) is 0 Å². The molecule has 2 aromatic rings. The van der Waals surface area contributed by atoms with Crippen molar-refractivity contribution in [1.29, 1.82) is 0 Å². The van der Waals surface area contributed by atoms with Crippen LogP contribution in [0.25, 0.3) is 0 Å². The normalized spacial score (nSPS) is 12.0. The van der Waals surface area contributed by atoms with Crippen molar-refractivity contribution in [3.8, 4) is 5.75 Å². The van der Waals surface area contributed by atoms with Crippen LogP contribution in [0.1, 0.15) is 18.5 Å². The van der Waals surface area contributed by atoms with Crippen LogP contribution in [-0.4, -0.2) is 20.2 Å². The Morgan fingerprint density at radius 2 is 1.81 bits per heavy atom. The highest BCUT2D eigenvalue weighted by atomic mass is 19.1. The zero-order valence-electron chi connectivity index (χ0n) is 12.4. The first kappa shape index (κ1) is 15.3. The smallest absolute Gasteiger partial charge is 0.124 e. The molecule has 0 bridgehead atoms. The largest absolute Gasteiger partial charge is 0.496 e. The van der Waals surface area contributed by atoms with E-state index in [0.717, 1.165) is 23.5 Å². The maximum absolute atomic E-state index is 13.1. The number of anilines is 1. The highest BCUT2D eigenvalue weighted by Crippen LogP contribution is 2.31. The molecule has 1 unspecified atom stereocenters. The summed E-state index contributed by atoms with van der Waals surface area (Å²) >= 11 is 0. The molecule has 2 N–H and O–H groups in total. The third-order valence-corrected chi connectivity index (χ3v) is 3.60. The number of halogens is 1. The molecule has 1 atom stereocenters. The van der Waals surface area contributed by atoms with E-state index in [2.05, 4.69) is 11.8 Å². The first-order chi connectivity index (χ1) is 10.2. The molecule has 0 spiro atoms. The average molecular weight is 288 g/mol. The van der Waals surface area contributed by atoms with Gasteiger partial charge in [0.1, 0.15) is 11.6 Å². The van der Waals surface area contributed by atoms with Crippen LogP contribution in [-0.2, 0) is 0 Å². The van der Waals surface area contributed by atoms with Gasteiger partial charge in [0, 0.05) is 24.3 Å². The molecule has 0 radical (unpaired) electrons. The lowest BCUT2D eigenvalue weighted by Crippen LogP contribution is -2.34. The Kier molecular flexibility index (Phi) is 5.17. The number of hydrogen-bond donors (Lipinski definition) is 1. The van der Waals surface area contributed by atoms with Crippen molar-refractivity contribution in [3.05, 3.63) is 59.9 Å². The number of rotatable bonds is 6. The molecule has 4 heteroatoms. The fourth-order valence-electron chi connectivity index (χ4n) is 2.58. The molecule has 0 heterocycles. The first-order valence-electron chi connectivity index (χ1n) is 7.06. The van der Waals surface area contributed by atoms with E-state index < -0.39 is 0 Å². The molecule has 0 amide bonds. The minimum Gasteiger partial charge on any atom is -0.496 e. The SMILES string of the molecule is CCN(c1ccc(F)cc1)C(CN)c1ccccc1OC. The van der Waals surface area contributed by atoms with Gasteiger partial charge in [-0.1, -0.05) is 18.2 Å². The van der Waals surface area contributed by atoms with Gasteiger partial charge in [0.15, 0.2) is 0 Å². The summed E-state index contributed by atoms with van der Waals surface area (Å²) in [4.78, 5) is 2.15. The Morgan fingerprint density at radius 1 is 1.14 bits per heavy atom. The zero-order valence-corrected chi connectivity index (χ0v) is 12.4. The fourth-order valence-corrected chi connectivity index (χ4v) is 2.58. The Bertz CT molecular complexity index is 571. The van der Waals surface area contributed by atoms with Gasteiger partial charge < -0.3 is 15.4 Å². The van der Waals surface area contributed by atoms with E-state index in [1.807, 2.05) is 24.3 Å². The van der Waals surface area contributed by atoms with Gasteiger partial charge in [-0.05, 0) is 37.3 Å². The van der Waals surface area contributed by atoms with E-state index >= 15 is 0 Å². The highest BCUT2D eigenvalue weighted by molar-refractivity contribution is 5.51. The Labute approximate surface area is 125 Å². The molecule has 3 nitrogen and oxygen atoms in total. The van der Waals surface area contributed by atoms with Gasteiger partial charge in [-0.15, -0.1) is 0 Å². The third-order valence-electron chi connectivity index (χ3n) is 3.60. The van der Waals surface area contributed by atoms with Crippen molar-refractivity contribution in [3.63, 3.8) is 0 Å². The van der Waals surface area contributed by atoms with Gasteiger partial charge in [-0.2, -0.15) is 0 Å². The van der Waals surface area contributed by atoms with Gasteiger partial charge in [0.05, 0.1) is 13.2 Å². The molecule has 2 aromatic carbocycles. The molecule has 21 heavy (non-hydrogen) atoms. The summed E-state index contributed by atoms with van der Waals surface area (Å²) in [6.07, 6.45) is 0. The number of benzene rings is 2. The lowest BCUT2D eigenvalue weighted by molar-refractivity contribution is 0.404. The molecule has 2 rings (SSSR count). The molecule has 0 aliphatic heterocycles. The van der Waals surface area contributed by atoms with Crippen molar-refractivity contribution in [2.24, 2.45) is 5.73 Å². The van der Waals surface area contributed by atoms with Crippen LogP contribution in [0.2, 0.25) is 0 Å². The number of methoxy groups -OCH3 is 1. The predicted octanol–water partition coefficient (Wildman–Crippen LogP) is 3.36. The van der Waals surface area contributed by atoms with E-state index in [0.29, 0.717) is 6.54 Å². The van der Waals surface area contributed by atoms with E-state index in [1.165, 1.54) is 12.1 Å². The molecule has 0 fully saturated rings. The van der Waals surface area contributed by atoms with Gasteiger partial charge in [0.2, 0.25) is 0 Å². The van der Waals surface area contributed by atoms with Crippen LogP contribution in [0.5, 0.6) is 5.75 Å². The summed E-state index contributed by atoms with van der Waals surface area (Å²) < 4.78 is 18.6. The van der Waals surface area contributed by atoms with E-state index in [9.17, 15) is 4.39 Å².